The van der Waals surface area contributed by atoms with Crippen molar-refractivity contribution in [2.45, 2.75) is 38.5 Å². The molecule has 5 nitrogen and oxygen atoms in total. The van der Waals surface area contributed by atoms with Gasteiger partial charge in [-0.2, -0.15) is 0 Å². The maximum atomic E-state index is 10.4. The van der Waals surface area contributed by atoms with E-state index in [9.17, 15) is 5.11 Å². The van der Waals surface area contributed by atoms with Crippen LogP contribution in [-0.2, 0) is 6.54 Å². The Hall–Kier alpha value is -1.82. The average Bonchev–Trinajstić information content (AvgIpc) is 3.37. The first-order chi connectivity index (χ1) is 12.7. The molecule has 0 amide bonds. The summed E-state index contributed by atoms with van der Waals surface area (Å²) in [5.74, 6) is 2.70. The van der Waals surface area contributed by atoms with E-state index >= 15 is 0 Å². The molecule has 2 aliphatic rings. The van der Waals surface area contributed by atoms with Gasteiger partial charge in [-0.25, -0.2) is 0 Å². The summed E-state index contributed by atoms with van der Waals surface area (Å²) in [6.07, 6.45) is 2.26. The van der Waals surface area contributed by atoms with Crippen LogP contribution < -0.4 is 4.74 Å². The first-order valence-electron chi connectivity index (χ1n) is 9.69. The van der Waals surface area contributed by atoms with Crippen LogP contribution in [0.25, 0.3) is 11.3 Å². The van der Waals surface area contributed by atoms with E-state index in [2.05, 4.69) is 9.80 Å². The fourth-order valence-electron chi connectivity index (χ4n) is 4.13. The summed E-state index contributed by atoms with van der Waals surface area (Å²) in [6.45, 7) is 7.29. The lowest BCUT2D eigenvalue weighted by molar-refractivity contribution is 0.0977. The van der Waals surface area contributed by atoms with Gasteiger partial charge in [0, 0.05) is 24.7 Å². The van der Waals surface area contributed by atoms with Gasteiger partial charge < -0.3 is 14.3 Å². The van der Waals surface area contributed by atoms with E-state index in [0.29, 0.717) is 6.61 Å². The molecule has 140 valence electrons. The highest BCUT2D eigenvalue weighted by molar-refractivity contribution is 5.58. The van der Waals surface area contributed by atoms with Gasteiger partial charge in [0.05, 0.1) is 19.3 Å². The summed E-state index contributed by atoms with van der Waals surface area (Å²) >= 11 is 0. The van der Waals surface area contributed by atoms with Crippen molar-refractivity contribution in [1.82, 2.24) is 9.80 Å². The molecule has 2 fully saturated rings. The summed E-state index contributed by atoms with van der Waals surface area (Å²) in [6, 6.07) is 12.3. The highest BCUT2D eigenvalue weighted by Crippen LogP contribution is 2.27. The molecule has 2 aromatic rings. The Labute approximate surface area is 155 Å². The Morgan fingerprint density at radius 2 is 1.85 bits per heavy atom. The maximum absolute atomic E-state index is 10.4. The van der Waals surface area contributed by atoms with Crippen molar-refractivity contribution >= 4 is 0 Å². The lowest BCUT2D eigenvalue weighted by atomic mass is 10.2. The first kappa shape index (κ1) is 17.6. The Morgan fingerprint density at radius 1 is 1.08 bits per heavy atom. The van der Waals surface area contributed by atoms with Crippen LogP contribution >= 0.6 is 0 Å². The third-order valence-electron chi connectivity index (χ3n) is 5.44. The Kier molecular flexibility index (Phi) is 5.29. The molecule has 0 spiro atoms. The molecular weight excluding hydrogens is 328 g/mol. The Morgan fingerprint density at radius 3 is 2.58 bits per heavy atom. The summed E-state index contributed by atoms with van der Waals surface area (Å²) in [4.78, 5) is 4.74. The fraction of sp³-hybridized carbons (Fsp3) is 0.524. The highest BCUT2D eigenvalue weighted by Gasteiger charge is 2.36. The second kappa shape index (κ2) is 7.82. The number of hydrogen-bond acceptors (Lipinski definition) is 5. The number of furan rings is 1. The third kappa shape index (κ3) is 3.80. The van der Waals surface area contributed by atoms with E-state index < -0.39 is 0 Å². The number of benzene rings is 1. The van der Waals surface area contributed by atoms with Gasteiger partial charge in [0.1, 0.15) is 17.3 Å². The van der Waals surface area contributed by atoms with Crippen molar-refractivity contribution in [1.29, 1.82) is 0 Å². The molecule has 1 aromatic carbocycles. The molecule has 0 radical (unpaired) electrons. The molecule has 5 heteroatoms. The van der Waals surface area contributed by atoms with Crippen LogP contribution in [0.3, 0.4) is 0 Å². The van der Waals surface area contributed by atoms with E-state index in [1.54, 1.807) is 0 Å². The van der Waals surface area contributed by atoms with Crippen LogP contribution in [0.1, 0.15) is 25.5 Å². The van der Waals surface area contributed by atoms with Crippen molar-refractivity contribution in [2.24, 2.45) is 0 Å². The van der Waals surface area contributed by atoms with Crippen LogP contribution in [-0.4, -0.2) is 59.8 Å². The number of nitrogens with zero attached hydrogens (tertiary/aromatic N) is 2. The van der Waals surface area contributed by atoms with E-state index in [1.165, 1.54) is 12.8 Å². The monoisotopic (exact) mass is 356 g/mol. The number of hydrogen-bond donors (Lipinski definition) is 1. The van der Waals surface area contributed by atoms with Gasteiger partial charge in [-0.1, -0.05) is 0 Å². The molecule has 0 unspecified atom stereocenters. The summed E-state index contributed by atoms with van der Waals surface area (Å²) in [5, 5.41) is 10.4. The van der Waals surface area contributed by atoms with Gasteiger partial charge in [0.25, 0.3) is 0 Å². The van der Waals surface area contributed by atoms with Crippen molar-refractivity contribution in [2.75, 3.05) is 32.8 Å². The zero-order valence-electron chi connectivity index (χ0n) is 15.4. The van der Waals surface area contributed by atoms with Crippen molar-refractivity contribution in [3.05, 3.63) is 42.2 Å². The molecule has 26 heavy (non-hydrogen) atoms. The van der Waals surface area contributed by atoms with Gasteiger partial charge in [-0.3, -0.25) is 9.80 Å². The normalized spacial score (nSPS) is 24.4. The van der Waals surface area contributed by atoms with Crippen molar-refractivity contribution in [3.8, 4) is 17.1 Å². The number of likely N-dealkylation sites (tertiary alicyclic amines) is 2. The number of β-amino-alcohol motifs (C(OH)–C–C–N with tert-alkyl or cyclic N) is 1. The van der Waals surface area contributed by atoms with Crippen molar-refractivity contribution < 1.29 is 14.3 Å². The van der Waals surface area contributed by atoms with Gasteiger partial charge in [-0.15, -0.1) is 0 Å². The zero-order chi connectivity index (χ0) is 17.9. The number of ether oxygens (including phenoxy) is 1. The number of aliphatic hydroxyl groups is 1. The molecule has 0 bridgehead atoms. The fourth-order valence-corrected chi connectivity index (χ4v) is 4.13. The number of aliphatic hydroxyl groups excluding tert-OH is 1. The molecule has 2 saturated heterocycles. The molecule has 0 aliphatic carbocycles. The molecule has 2 aliphatic heterocycles. The standard InChI is InChI=1S/C21H28N2O3/c1-2-25-17-7-5-16(6-8-17)21-10-9-18(26-21)13-22-14-19(20(24)15-22)23-11-3-4-12-23/h5-10,19-20,24H,2-4,11-15H2,1H3/t19-,20-/m0/s1. The van der Waals surface area contributed by atoms with Crippen LogP contribution in [0.15, 0.2) is 40.8 Å². The predicted octanol–water partition coefficient (Wildman–Crippen LogP) is 2.99. The van der Waals surface area contributed by atoms with Gasteiger partial charge in [0.2, 0.25) is 0 Å². The topological polar surface area (TPSA) is 49.1 Å². The smallest absolute Gasteiger partial charge is 0.134 e. The van der Waals surface area contributed by atoms with Crippen molar-refractivity contribution in [3.63, 3.8) is 0 Å². The Bertz CT molecular complexity index is 706. The van der Waals surface area contributed by atoms with Gasteiger partial charge in [0.15, 0.2) is 0 Å². The molecule has 0 saturated carbocycles. The first-order valence-corrected chi connectivity index (χ1v) is 9.69. The maximum Gasteiger partial charge on any atom is 0.134 e. The molecule has 2 atom stereocenters. The van der Waals surface area contributed by atoms with Gasteiger partial charge in [-0.05, 0) is 69.3 Å². The zero-order valence-corrected chi connectivity index (χ0v) is 15.4. The average molecular weight is 356 g/mol. The molecule has 4 rings (SSSR count). The number of rotatable bonds is 6. The van der Waals surface area contributed by atoms with E-state index in [1.807, 2.05) is 43.3 Å². The molecule has 1 aromatic heterocycles. The van der Waals surface area contributed by atoms with Crippen LogP contribution in [0, 0.1) is 0 Å². The summed E-state index contributed by atoms with van der Waals surface area (Å²) in [5.41, 5.74) is 1.05. The van der Waals surface area contributed by atoms with E-state index in [4.69, 9.17) is 9.15 Å². The molecular formula is C21H28N2O3. The quantitative estimate of drug-likeness (QED) is 0.862. The Balaban J connectivity index is 1.37. The molecule has 3 heterocycles. The summed E-state index contributed by atoms with van der Waals surface area (Å²) < 4.78 is 11.5. The minimum atomic E-state index is -0.256. The second-order valence-electron chi connectivity index (χ2n) is 7.30. The van der Waals surface area contributed by atoms with Gasteiger partial charge >= 0.3 is 0 Å². The largest absolute Gasteiger partial charge is 0.494 e. The summed E-state index contributed by atoms with van der Waals surface area (Å²) in [7, 11) is 0. The van der Waals surface area contributed by atoms with E-state index in [0.717, 1.165) is 55.6 Å². The highest BCUT2D eigenvalue weighted by atomic mass is 16.5. The SMILES string of the molecule is CCOc1ccc(-c2ccc(CN3C[C@H](O)[C@@H](N4CCCC4)C3)o2)cc1. The molecule has 1 N–H and O–H groups in total. The third-order valence-corrected chi connectivity index (χ3v) is 5.44. The van der Waals surface area contributed by atoms with E-state index in [-0.39, 0.29) is 12.1 Å². The lowest BCUT2D eigenvalue weighted by Crippen LogP contribution is -2.41. The van der Waals surface area contributed by atoms with Crippen LogP contribution in [0.2, 0.25) is 0 Å². The predicted molar refractivity (Wildman–Crippen MR) is 101 cm³/mol. The minimum Gasteiger partial charge on any atom is -0.494 e. The van der Waals surface area contributed by atoms with Crippen LogP contribution in [0.5, 0.6) is 5.75 Å². The minimum absolute atomic E-state index is 0.256. The lowest BCUT2D eigenvalue weighted by Gasteiger charge is -2.25. The van der Waals surface area contributed by atoms with Crippen LogP contribution in [0.4, 0.5) is 0 Å². The second-order valence-corrected chi connectivity index (χ2v) is 7.30.